The smallest absolute Gasteiger partial charge is 0.226 e. The van der Waals surface area contributed by atoms with E-state index in [4.69, 9.17) is 16.3 Å². The topological polar surface area (TPSA) is 102 Å². The number of carbonyl (C=O) groups is 1. The van der Waals surface area contributed by atoms with E-state index in [-0.39, 0.29) is 29.1 Å². The first-order chi connectivity index (χ1) is 13.5. The third kappa shape index (κ3) is 3.16. The van der Waals surface area contributed by atoms with Crippen LogP contribution in [-0.4, -0.2) is 37.6 Å². The summed E-state index contributed by atoms with van der Waals surface area (Å²) in [7, 11) is 0. The molecule has 1 aromatic carbocycles. The Morgan fingerprint density at radius 3 is 2.86 bits per heavy atom. The van der Waals surface area contributed by atoms with Gasteiger partial charge in [0.05, 0.1) is 12.3 Å². The van der Waals surface area contributed by atoms with E-state index in [0.717, 1.165) is 16.8 Å². The van der Waals surface area contributed by atoms with E-state index in [1.54, 1.807) is 35.0 Å². The van der Waals surface area contributed by atoms with Gasteiger partial charge in [0.1, 0.15) is 5.82 Å². The molecule has 1 aliphatic heterocycles. The predicted molar refractivity (Wildman–Crippen MR) is 103 cm³/mol. The molecule has 9 heteroatoms. The third-order valence-corrected chi connectivity index (χ3v) is 4.83. The standard InChI is InChI=1S/C19H18ClN5O3/c1-3-28-14-8-11(4-5-13(14)26)12-9-17(27)21-19-18(12)10(2)24-25(19)16-7-6-15(20)22-23-16/h4-8,12,26H,3,9H2,1-2H3,(H,21,27). The number of aromatic nitrogens is 4. The van der Waals surface area contributed by atoms with Gasteiger partial charge in [-0.25, -0.2) is 0 Å². The van der Waals surface area contributed by atoms with Gasteiger partial charge in [0, 0.05) is 17.9 Å². The minimum absolute atomic E-state index is 0.0648. The molecular weight excluding hydrogens is 382 g/mol. The Kier molecular flexibility index (Phi) is 4.64. The maximum Gasteiger partial charge on any atom is 0.226 e. The number of benzene rings is 1. The van der Waals surface area contributed by atoms with E-state index in [1.807, 2.05) is 13.8 Å². The first-order valence-corrected chi connectivity index (χ1v) is 9.20. The average Bonchev–Trinajstić information content (AvgIpc) is 3.00. The van der Waals surface area contributed by atoms with Crippen molar-refractivity contribution in [2.45, 2.75) is 26.2 Å². The molecule has 3 heterocycles. The third-order valence-electron chi connectivity index (χ3n) is 4.62. The zero-order valence-electron chi connectivity index (χ0n) is 15.3. The molecular formula is C19H18ClN5O3. The number of nitrogens with zero attached hydrogens (tertiary/aromatic N) is 4. The molecule has 1 amide bonds. The van der Waals surface area contributed by atoms with Gasteiger partial charge in [0.15, 0.2) is 22.5 Å². The minimum Gasteiger partial charge on any atom is -0.504 e. The Balaban J connectivity index is 1.83. The van der Waals surface area contributed by atoms with Gasteiger partial charge in [0.2, 0.25) is 5.91 Å². The van der Waals surface area contributed by atoms with Crippen LogP contribution >= 0.6 is 11.6 Å². The second-order valence-electron chi connectivity index (χ2n) is 6.44. The van der Waals surface area contributed by atoms with Crippen LogP contribution in [0.2, 0.25) is 5.15 Å². The predicted octanol–water partition coefficient (Wildman–Crippen LogP) is 3.20. The fraction of sp³-hybridized carbons (Fsp3) is 0.263. The molecule has 28 heavy (non-hydrogen) atoms. The van der Waals surface area contributed by atoms with Crippen molar-refractivity contribution in [1.29, 1.82) is 0 Å². The average molecular weight is 400 g/mol. The van der Waals surface area contributed by atoms with Gasteiger partial charge in [-0.2, -0.15) is 9.78 Å². The molecule has 2 N–H and O–H groups in total. The molecule has 0 fully saturated rings. The fourth-order valence-electron chi connectivity index (χ4n) is 3.44. The normalized spacial score (nSPS) is 15.8. The van der Waals surface area contributed by atoms with E-state index in [2.05, 4.69) is 20.6 Å². The highest BCUT2D eigenvalue weighted by molar-refractivity contribution is 6.29. The summed E-state index contributed by atoms with van der Waals surface area (Å²) in [5, 5.41) is 25.6. The Morgan fingerprint density at radius 1 is 1.32 bits per heavy atom. The van der Waals surface area contributed by atoms with E-state index >= 15 is 0 Å². The van der Waals surface area contributed by atoms with Gasteiger partial charge in [-0.05, 0) is 43.7 Å². The fourth-order valence-corrected chi connectivity index (χ4v) is 3.54. The number of rotatable bonds is 4. The van der Waals surface area contributed by atoms with Crippen molar-refractivity contribution in [2.75, 3.05) is 11.9 Å². The van der Waals surface area contributed by atoms with Crippen molar-refractivity contribution in [3.05, 3.63) is 52.3 Å². The number of phenols is 1. The van der Waals surface area contributed by atoms with Crippen LogP contribution in [0.15, 0.2) is 30.3 Å². The molecule has 8 nitrogen and oxygen atoms in total. The number of aromatic hydroxyl groups is 1. The Morgan fingerprint density at radius 2 is 2.14 bits per heavy atom. The number of halogens is 1. The van der Waals surface area contributed by atoms with Gasteiger partial charge < -0.3 is 15.2 Å². The van der Waals surface area contributed by atoms with Gasteiger partial charge >= 0.3 is 0 Å². The maximum absolute atomic E-state index is 12.4. The first-order valence-electron chi connectivity index (χ1n) is 8.82. The Hall–Kier alpha value is -3.13. The van der Waals surface area contributed by atoms with E-state index in [9.17, 15) is 9.90 Å². The van der Waals surface area contributed by atoms with Crippen LogP contribution in [0.4, 0.5) is 5.82 Å². The highest BCUT2D eigenvalue weighted by Crippen LogP contribution is 2.42. The van der Waals surface area contributed by atoms with Crippen LogP contribution in [0, 0.1) is 6.92 Å². The number of ether oxygens (including phenoxy) is 1. The van der Waals surface area contributed by atoms with Crippen LogP contribution in [0.25, 0.3) is 5.82 Å². The van der Waals surface area contributed by atoms with E-state index < -0.39 is 0 Å². The second-order valence-corrected chi connectivity index (χ2v) is 6.83. The van der Waals surface area contributed by atoms with Gasteiger partial charge in [0.25, 0.3) is 0 Å². The lowest BCUT2D eigenvalue weighted by molar-refractivity contribution is -0.116. The summed E-state index contributed by atoms with van der Waals surface area (Å²) in [6.07, 6.45) is 0.266. The second kappa shape index (κ2) is 7.12. The lowest BCUT2D eigenvalue weighted by atomic mass is 9.85. The number of hydrogen-bond donors (Lipinski definition) is 2. The molecule has 1 unspecified atom stereocenters. The van der Waals surface area contributed by atoms with Gasteiger partial charge in [-0.15, -0.1) is 10.2 Å². The van der Waals surface area contributed by atoms with Crippen molar-refractivity contribution >= 4 is 23.3 Å². The summed E-state index contributed by atoms with van der Waals surface area (Å²) < 4.78 is 7.05. The summed E-state index contributed by atoms with van der Waals surface area (Å²) >= 11 is 5.82. The zero-order valence-corrected chi connectivity index (χ0v) is 16.1. The first kappa shape index (κ1) is 18.2. The maximum atomic E-state index is 12.4. The summed E-state index contributed by atoms with van der Waals surface area (Å²) in [6, 6.07) is 8.45. The number of anilines is 1. The van der Waals surface area contributed by atoms with Crippen molar-refractivity contribution in [2.24, 2.45) is 0 Å². The molecule has 0 saturated heterocycles. The molecule has 0 radical (unpaired) electrons. The highest BCUT2D eigenvalue weighted by atomic mass is 35.5. The lowest BCUT2D eigenvalue weighted by Crippen LogP contribution is -2.25. The molecule has 144 valence electrons. The lowest BCUT2D eigenvalue weighted by Gasteiger charge is -2.24. The van der Waals surface area contributed by atoms with E-state index in [0.29, 0.717) is 24.0 Å². The van der Waals surface area contributed by atoms with E-state index in [1.165, 1.54) is 0 Å². The number of amides is 1. The van der Waals surface area contributed by atoms with Crippen molar-refractivity contribution in [3.8, 4) is 17.3 Å². The number of fused-ring (bicyclic) bond motifs is 1. The SMILES string of the molecule is CCOc1cc(C2CC(=O)Nc3c2c(C)nn3-c2ccc(Cl)nn2)ccc1O. The van der Waals surface area contributed by atoms with Crippen molar-refractivity contribution < 1.29 is 14.6 Å². The largest absolute Gasteiger partial charge is 0.504 e. The number of nitrogens with one attached hydrogen (secondary N) is 1. The van der Waals surface area contributed by atoms with Crippen LogP contribution in [0.5, 0.6) is 11.5 Å². The number of carbonyl (C=O) groups excluding carboxylic acids is 1. The summed E-state index contributed by atoms with van der Waals surface area (Å²) in [5.41, 5.74) is 2.52. The van der Waals surface area contributed by atoms with Gasteiger partial charge in [-0.1, -0.05) is 17.7 Å². The number of phenolic OH excluding ortho intramolecular Hbond substituents is 1. The van der Waals surface area contributed by atoms with Crippen molar-refractivity contribution in [3.63, 3.8) is 0 Å². The number of aryl methyl sites for hydroxylation is 1. The summed E-state index contributed by atoms with van der Waals surface area (Å²) in [6.45, 7) is 4.16. The molecule has 1 atom stereocenters. The molecule has 0 aliphatic carbocycles. The Bertz CT molecular complexity index is 1050. The molecule has 2 aromatic heterocycles. The van der Waals surface area contributed by atoms with Crippen LogP contribution < -0.4 is 10.1 Å². The van der Waals surface area contributed by atoms with Gasteiger partial charge in [-0.3, -0.25) is 4.79 Å². The molecule has 4 rings (SSSR count). The van der Waals surface area contributed by atoms with Crippen LogP contribution in [0.1, 0.15) is 36.1 Å². The monoisotopic (exact) mass is 399 g/mol. The minimum atomic E-state index is -0.224. The molecule has 0 bridgehead atoms. The quantitative estimate of drug-likeness (QED) is 0.698. The van der Waals surface area contributed by atoms with Crippen molar-refractivity contribution in [1.82, 2.24) is 20.0 Å². The molecule has 3 aromatic rings. The van der Waals surface area contributed by atoms with Crippen LogP contribution in [-0.2, 0) is 4.79 Å². The summed E-state index contributed by atoms with van der Waals surface area (Å²) in [5.74, 6) is 1.11. The zero-order chi connectivity index (χ0) is 19.8. The molecule has 0 spiro atoms. The van der Waals surface area contributed by atoms with Crippen LogP contribution in [0.3, 0.4) is 0 Å². The molecule has 1 aliphatic rings. The summed E-state index contributed by atoms with van der Waals surface area (Å²) in [4.78, 5) is 12.4. The Labute approximate surface area is 166 Å². The molecule has 0 saturated carbocycles. The highest BCUT2D eigenvalue weighted by Gasteiger charge is 2.33. The number of hydrogen-bond acceptors (Lipinski definition) is 6.